The van der Waals surface area contributed by atoms with Crippen LogP contribution >= 0.6 is 23.2 Å². The van der Waals surface area contributed by atoms with E-state index in [-0.39, 0.29) is 37.0 Å². The Morgan fingerprint density at radius 2 is 1.75 bits per heavy atom. The molecular weight excluding hydrogens is 655 g/mol. The van der Waals surface area contributed by atoms with Gasteiger partial charge in [-0.1, -0.05) is 35.3 Å². The van der Waals surface area contributed by atoms with Crippen molar-refractivity contribution in [3.8, 4) is 11.8 Å². The van der Waals surface area contributed by atoms with Gasteiger partial charge in [-0.25, -0.2) is 0 Å². The van der Waals surface area contributed by atoms with E-state index in [2.05, 4.69) is 14.9 Å². The smallest absolute Gasteiger partial charge is 0.297 e. The average molecular weight is 696 g/mol. The minimum absolute atomic E-state index is 0.0321. The van der Waals surface area contributed by atoms with Crippen LogP contribution in [0.3, 0.4) is 0 Å². The number of hydrogen-bond acceptors (Lipinski definition) is 8. The molecule has 2 aromatic carbocycles. The molecule has 0 radical (unpaired) electrons. The highest BCUT2D eigenvalue weighted by Crippen LogP contribution is 2.36. The molecule has 5 rings (SSSR count). The number of imidazole rings is 1. The van der Waals surface area contributed by atoms with Crippen LogP contribution in [0.1, 0.15) is 43.9 Å². The van der Waals surface area contributed by atoms with Crippen LogP contribution in [0.5, 0.6) is 11.8 Å². The number of Topliss-reactive ketones (excluding diaryl/α,β-unsaturated/α-hetero) is 1. The number of nitrogens with zero attached hydrogens (tertiary/aromatic N) is 6. The Labute approximate surface area is 290 Å². The number of fused-ring (bicyclic) bond motifs is 1. The van der Waals surface area contributed by atoms with Gasteiger partial charge in [0.05, 0.1) is 35.6 Å². The molecule has 0 N–H and O–H groups in total. The van der Waals surface area contributed by atoms with Gasteiger partial charge in [-0.05, 0) is 49.4 Å². The van der Waals surface area contributed by atoms with Crippen molar-refractivity contribution < 1.29 is 23.9 Å². The molecule has 2 aromatic heterocycles. The summed E-state index contributed by atoms with van der Waals surface area (Å²) in [7, 11) is 3.20. The molecule has 1 fully saturated rings. The van der Waals surface area contributed by atoms with Crippen LogP contribution < -0.4 is 14.4 Å². The van der Waals surface area contributed by atoms with E-state index in [1.54, 1.807) is 39.4 Å². The van der Waals surface area contributed by atoms with Crippen LogP contribution in [0.2, 0.25) is 10.0 Å². The Morgan fingerprint density at radius 1 is 0.958 bits per heavy atom. The number of pyridine rings is 1. The molecule has 4 aromatic rings. The molecule has 0 saturated carbocycles. The predicted molar refractivity (Wildman–Crippen MR) is 186 cm³/mol. The maximum absolute atomic E-state index is 13.1. The zero-order valence-corrected chi connectivity index (χ0v) is 29.0. The van der Waals surface area contributed by atoms with Gasteiger partial charge in [0.1, 0.15) is 23.7 Å². The second-order valence-corrected chi connectivity index (χ2v) is 12.5. The summed E-state index contributed by atoms with van der Waals surface area (Å²) in [6.07, 6.45) is 3.10. The van der Waals surface area contributed by atoms with Gasteiger partial charge >= 0.3 is 0 Å². The van der Waals surface area contributed by atoms with Crippen LogP contribution in [0.4, 0.5) is 5.69 Å². The molecule has 48 heavy (non-hydrogen) atoms. The molecular formula is C35H40Cl2N6O5. The molecule has 3 heterocycles. The number of piperazine rings is 1. The lowest BCUT2D eigenvalue weighted by Crippen LogP contribution is -2.48. The molecule has 2 amide bonds. The number of aromatic nitrogens is 3. The third kappa shape index (κ3) is 8.44. The summed E-state index contributed by atoms with van der Waals surface area (Å²) in [5.74, 6) is 0.434. The molecule has 0 bridgehead atoms. The lowest BCUT2D eigenvalue weighted by Gasteiger charge is -2.34. The van der Waals surface area contributed by atoms with E-state index in [1.807, 2.05) is 45.9 Å². The molecule has 0 atom stereocenters. The molecule has 13 heteroatoms. The monoisotopic (exact) mass is 694 g/mol. The fraction of sp³-hybridized carbons (Fsp3) is 0.400. The van der Waals surface area contributed by atoms with E-state index in [9.17, 15) is 14.4 Å². The predicted octanol–water partition coefficient (Wildman–Crippen LogP) is 5.63. The Kier molecular flexibility index (Phi) is 11.9. The molecule has 1 aliphatic rings. The topological polar surface area (TPSA) is 110 Å². The third-order valence-electron chi connectivity index (χ3n) is 8.57. The molecule has 0 aliphatic carbocycles. The second-order valence-electron chi connectivity index (χ2n) is 11.7. The van der Waals surface area contributed by atoms with Crippen molar-refractivity contribution in [3.05, 3.63) is 76.0 Å². The standard InChI is InChI=1S/C35H40Cl2N6O5/c1-24(44)42-20-18-41(19-21-42)17-7-9-26(45)12-15-32(46)40(2)29-14-13-28(36)27(33(29)37)23-48-31-11-6-10-30-34(31)39-35(47-3)43(30)22-25-8-4-5-16-38-25/h4-6,8,10-11,13-14,16H,7,9,12,15,17-23H2,1-3H3. The summed E-state index contributed by atoms with van der Waals surface area (Å²) in [4.78, 5) is 51.9. The number of carbonyl (C=O) groups excluding carboxylic acids is 3. The molecule has 0 spiro atoms. The summed E-state index contributed by atoms with van der Waals surface area (Å²) in [6, 6.07) is 15.1. The number of amides is 2. The Morgan fingerprint density at radius 3 is 2.46 bits per heavy atom. The highest BCUT2D eigenvalue weighted by Gasteiger charge is 2.22. The first-order chi connectivity index (χ1) is 23.2. The lowest BCUT2D eigenvalue weighted by atomic mass is 10.1. The number of ether oxygens (including phenoxy) is 2. The summed E-state index contributed by atoms with van der Waals surface area (Å²) < 4.78 is 13.7. The van der Waals surface area contributed by atoms with Crippen molar-refractivity contribution in [1.29, 1.82) is 0 Å². The number of halogens is 2. The third-order valence-corrected chi connectivity index (χ3v) is 9.35. The summed E-state index contributed by atoms with van der Waals surface area (Å²) in [6.45, 7) is 5.95. The summed E-state index contributed by atoms with van der Waals surface area (Å²) >= 11 is 13.4. The van der Waals surface area contributed by atoms with Gasteiger partial charge in [0.25, 0.3) is 6.01 Å². The first-order valence-corrected chi connectivity index (χ1v) is 16.7. The van der Waals surface area contributed by atoms with Crippen LogP contribution in [-0.4, -0.2) is 88.8 Å². The zero-order chi connectivity index (χ0) is 34.2. The van der Waals surface area contributed by atoms with Gasteiger partial charge in [-0.3, -0.25) is 28.8 Å². The molecule has 1 aliphatic heterocycles. The average Bonchev–Trinajstić information content (AvgIpc) is 3.45. The maximum atomic E-state index is 13.1. The van der Waals surface area contributed by atoms with E-state index < -0.39 is 0 Å². The van der Waals surface area contributed by atoms with Crippen molar-refractivity contribution in [3.63, 3.8) is 0 Å². The van der Waals surface area contributed by atoms with E-state index in [0.29, 0.717) is 51.5 Å². The van der Waals surface area contributed by atoms with E-state index >= 15 is 0 Å². The van der Waals surface area contributed by atoms with Gasteiger partial charge in [0, 0.05) is 76.2 Å². The molecule has 254 valence electrons. The quantitative estimate of drug-likeness (QED) is 0.167. The normalized spacial score (nSPS) is 13.5. The minimum Gasteiger partial charge on any atom is -0.486 e. The lowest BCUT2D eigenvalue weighted by molar-refractivity contribution is -0.130. The van der Waals surface area contributed by atoms with Gasteiger partial charge in [0.15, 0.2) is 0 Å². The zero-order valence-electron chi connectivity index (χ0n) is 27.5. The maximum Gasteiger partial charge on any atom is 0.297 e. The second kappa shape index (κ2) is 16.3. The number of rotatable bonds is 14. The Bertz CT molecular complexity index is 1760. The first-order valence-electron chi connectivity index (χ1n) is 15.9. The molecule has 1 saturated heterocycles. The van der Waals surface area contributed by atoms with Gasteiger partial charge in [0.2, 0.25) is 11.8 Å². The van der Waals surface area contributed by atoms with Crippen molar-refractivity contribution in [1.82, 2.24) is 24.3 Å². The molecule has 0 unspecified atom stereocenters. The van der Waals surface area contributed by atoms with Crippen LogP contribution in [0.15, 0.2) is 54.7 Å². The van der Waals surface area contributed by atoms with Crippen molar-refractivity contribution in [2.75, 3.05) is 51.8 Å². The first kappa shape index (κ1) is 35.1. The van der Waals surface area contributed by atoms with Gasteiger partial charge < -0.3 is 19.3 Å². The number of ketones is 1. The summed E-state index contributed by atoms with van der Waals surface area (Å²) in [5.41, 5.74) is 3.28. The van der Waals surface area contributed by atoms with E-state index in [4.69, 9.17) is 32.7 Å². The number of anilines is 1. The minimum atomic E-state index is -0.227. The fourth-order valence-electron chi connectivity index (χ4n) is 5.76. The van der Waals surface area contributed by atoms with Crippen LogP contribution in [0.25, 0.3) is 11.0 Å². The van der Waals surface area contributed by atoms with Crippen LogP contribution in [0, 0.1) is 0 Å². The van der Waals surface area contributed by atoms with Crippen molar-refractivity contribution in [2.45, 2.75) is 45.8 Å². The van der Waals surface area contributed by atoms with E-state index in [1.165, 1.54) is 4.90 Å². The SMILES string of the molecule is COc1nc2c(OCc3c(Cl)ccc(N(C)C(=O)CCC(=O)CCCN4CCN(C(C)=O)CC4)c3Cl)cccc2n1Cc1ccccn1. The Balaban J connectivity index is 1.18. The van der Waals surface area contributed by atoms with Crippen LogP contribution in [-0.2, 0) is 27.5 Å². The number of hydrogen-bond donors (Lipinski definition) is 0. The Hall–Kier alpha value is -4.19. The van der Waals surface area contributed by atoms with E-state index in [0.717, 1.165) is 50.4 Å². The van der Waals surface area contributed by atoms with Gasteiger partial charge in [-0.15, -0.1) is 0 Å². The fourth-order valence-corrected chi connectivity index (χ4v) is 6.37. The largest absolute Gasteiger partial charge is 0.486 e. The summed E-state index contributed by atoms with van der Waals surface area (Å²) in [5, 5.41) is 0.688. The number of carbonyl (C=O) groups is 3. The number of para-hydroxylation sites is 1. The number of benzene rings is 2. The highest BCUT2D eigenvalue weighted by atomic mass is 35.5. The van der Waals surface area contributed by atoms with Crippen molar-refractivity contribution >= 4 is 57.5 Å². The number of methoxy groups -OCH3 is 1. The van der Waals surface area contributed by atoms with Gasteiger partial charge in [-0.2, -0.15) is 4.98 Å². The highest BCUT2D eigenvalue weighted by molar-refractivity contribution is 6.38. The van der Waals surface area contributed by atoms with Crippen molar-refractivity contribution in [2.24, 2.45) is 0 Å². The molecule has 11 nitrogen and oxygen atoms in total.